The fourth-order valence-electron chi connectivity index (χ4n) is 2.13. The summed E-state index contributed by atoms with van der Waals surface area (Å²) in [4.78, 5) is 24.3. The molecule has 1 aromatic carbocycles. The number of carboxylic acids is 1. The van der Waals surface area contributed by atoms with Crippen molar-refractivity contribution in [2.45, 2.75) is 26.7 Å². The number of hydrogen-bond donors (Lipinski definition) is 2. The van der Waals surface area contributed by atoms with Gasteiger partial charge in [0.2, 0.25) is 0 Å². The van der Waals surface area contributed by atoms with Crippen LogP contribution in [0.2, 0.25) is 0 Å². The van der Waals surface area contributed by atoms with Crippen molar-refractivity contribution in [2.24, 2.45) is 0 Å². The highest BCUT2D eigenvalue weighted by atomic mass is 16.4. The first kappa shape index (κ1) is 16.8. The first-order valence-corrected chi connectivity index (χ1v) is 7.02. The van der Waals surface area contributed by atoms with Gasteiger partial charge < -0.3 is 15.3 Å². The van der Waals surface area contributed by atoms with E-state index < -0.39 is 12.0 Å². The summed E-state index contributed by atoms with van der Waals surface area (Å²) in [7, 11) is 0. The van der Waals surface area contributed by atoms with Crippen LogP contribution in [0.3, 0.4) is 0 Å². The largest absolute Gasteiger partial charge is 0.480 e. The number of carboxylic acid groups (broad SMARTS) is 1. The maximum absolute atomic E-state index is 12.3. The van der Waals surface area contributed by atoms with Crippen LogP contribution in [0.25, 0.3) is 0 Å². The van der Waals surface area contributed by atoms with Crippen LogP contribution in [0.1, 0.15) is 25.0 Å². The molecule has 1 rings (SSSR count). The smallest absolute Gasteiger partial charge is 0.323 e. The molecule has 0 fully saturated rings. The van der Waals surface area contributed by atoms with Gasteiger partial charge in [0.05, 0.1) is 0 Å². The average molecular weight is 290 g/mol. The van der Waals surface area contributed by atoms with Gasteiger partial charge in [0.1, 0.15) is 6.54 Å². The fraction of sp³-hybridized carbons (Fsp3) is 0.375. The zero-order valence-electron chi connectivity index (χ0n) is 12.6. The Morgan fingerprint density at radius 3 is 2.29 bits per heavy atom. The Labute approximate surface area is 125 Å². The van der Waals surface area contributed by atoms with E-state index >= 15 is 0 Å². The van der Waals surface area contributed by atoms with Gasteiger partial charge in [0.25, 0.3) is 0 Å². The maximum Gasteiger partial charge on any atom is 0.323 e. The summed E-state index contributed by atoms with van der Waals surface area (Å²) in [6.45, 7) is 7.42. The normalized spacial score (nSPS) is 10.0. The molecule has 2 N–H and O–H groups in total. The third-order valence-electron chi connectivity index (χ3n) is 3.19. The summed E-state index contributed by atoms with van der Waals surface area (Å²) in [5, 5.41) is 11.7. The third-order valence-corrected chi connectivity index (χ3v) is 3.19. The molecule has 2 amide bonds. The van der Waals surface area contributed by atoms with Crippen LogP contribution >= 0.6 is 0 Å². The molecule has 0 atom stereocenters. The van der Waals surface area contributed by atoms with E-state index in [1.807, 2.05) is 32.0 Å². The van der Waals surface area contributed by atoms with E-state index in [0.717, 1.165) is 29.7 Å². The number of anilines is 1. The molecular formula is C16H22N2O3. The summed E-state index contributed by atoms with van der Waals surface area (Å²) >= 11 is 0. The number of hydrogen-bond acceptors (Lipinski definition) is 2. The fourth-order valence-corrected chi connectivity index (χ4v) is 2.13. The van der Waals surface area contributed by atoms with Crippen molar-refractivity contribution in [3.05, 3.63) is 42.0 Å². The minimum absolute atomic E-state index is 0.188. The highest BCUT2D eigenvalue weighted by Gasteiger charge is 2.17. The van der Waals surface area contributed by atoms with E-state index in [1.54, 1.807) is 0 Å². The zero-order valence-corrected chi connectivity index (χ0v) is 12.6. The lowest BCUT2D eigenvalue weighted by Crippen LogP contribution is -2.39. The number of aliphatic carboxylic acids is 1. The lowest BCUT2D eigenvalue weighted by atomic mass is 10.0. The van der Waals surface area contributed by atoms with Gasteiger partial charge in [0.15, 0.2) is 0 Å². The predicted octanol–water partition coefficient (Wildman–Crippen LogP) is 2.92. The molecule has 0 unspecified atom stereocenters. The molecule has 0 heterocycles. The number of carbonyl (C=O) groups excluding carboxylic acids is 1. The second-order valence-corrected chi connectivity index (χ2v) is 4.65. The summed E-state index contributed by atoms with van der Waals surface area (Å²) in [6, 6.07) is 5.47. The molecule has 0 aromatic heterocycles. The minimum atomic E-state index is -1.05. The highest BCUT2D eigenvalue weighted by molar-refractivity contribution is 5.93. The molecule has 0 spiro atoms. The zero-order chi connectivity index (χ0) is 15.8. The Hall–Kier alpha value is -2.30. The van der Waals surface area contributed by atoms with Gasteiger partial charge in [0, 0.05) is 12.2 Å². The Morgan fingerprint density at radius 1 is 1.29 bits per heavy atom. The maximum atomic E-state index is 12.3. The molecule has 0 aliphatic heterocycles. The second-order valence-electron chi connectivity index (χ2n) is 4.65. The Morgan fingerprint density at radius 2 is 1.86 bits per heavy atom. The number of nitrogens with zero attached hydrogens (tertiary/aromatic N) is 1. The van der Waals surface area contributed by atoms with E-state index in [-0.39, 0.29) is 13.1 Å². The van der Waals surface area contributed by atoms with Crippen LogP contribution in [0.4, 0.5) is 10.5 Å². The lowest BCUT2D eigenvalue weighted by molar-refractivity contribution is -0.137. The quantitative estimate of drug-likeness (QED) is 0.759. The first-order chi connectivity index (χ1) is 10.0. The van der Waals surface area contributed by atoms with Crippen LogP contribution in [0.15, 0.2) is 30.9 Å². The average Bonchev–Trinajstić information content (AvgIpc) is 2.46. The van der Waals surface area contributed by atoms with Crippen LogP contribution in [-0.4, -0.2) is 35.1 Å². The van der Waals surface area contributed by atoms with E-state index in [2.05, 4.69) is 11.9 Å². The molecule has 5 nitrogen and oxygen atoms in total. The van der Waals surface area contributed by atoms with Gasteiger partial charge in [-0.1, -0.05) is 38.1 Å². The van der Waals surface area contributed by atoms with Gasteiger partial charge in [-0.15, -0.1) is 6.58 Å². The van der Waals surface area contributed by atoms with E-state index in [1.165, 1.54) is 11.0 Å². The molecule has 0 radical (unpaired) electrons. The molecule has 0 saturated carbocycles. The molecule has 0 aliphatic carbocycles. The summed E-state index contributed by atoms with van der Waals surface area (Å²) in [5.74, 6) is -1.05. The first-order valence-electron chi connectivity index (χ1n) is 7.02. The van der Waals surface area contributed by atoms with E-state index in [0.29, 0.717) is 0 Å². The Bertz CT molecular complexity index is 504. The second kappa shape index (κ2) is 8.09. The van der Waals surface area contributed by atoms with Gasteiger partial charge >= 0.3 is 12.0 Å². The SMILES string of the molecule is C=CCN(CC(=O)O)C(=O)Nc1c(CC)cccc1CC. The van der Waals surface area contributed by atoms with Crippen molar-refractivity contribution in [3.8, 4) is 0 Å². The van der Waals surface area contributed by atoms with Crippen LogP contribution in [0.5, 0.6) is 0 Å². The number of amides is 2. The topological polar surface area (TPSA) is 69.6 Å². The van der Waals surface area contributed by atoms with Gasteiger partial charge in [-0.2, -0.15) is 0 Å². The van der Waals surface area contributed by atoms with Gasteiger partial charge in [-0.3, -0.25) is 4.79 Å². The Balaban J connectivity index is 2.99. The molecule has 0 saturated heterocycles. The molecule has 5 heteroatoms. The van der Waals surface area contributed by atoms with Crippen molar-refractivity contribution in [2.75, 3.05) is 18.4 Å². The number of carbonyl (C=O) groups is 2. The Kier molecular flexibility index (Phi) is 6.46. The predicted molar refractivity (Wildman–Crippen MR) is 83.6 cm³/mol. The third kappa shape index (κ3) is 4.63. The van der Waals surface area contributed by atoms with Crippen LogP contribution < -0.4 is 5.32 Å². The summed E-state index contributed by atoms with van der Waals surface area (Å²) in [5.41, 5.74) is 2.86. The number of nitrogens with one attached hydrogen (secondary N) is 1. The lowest BCUT2D eigenvalue weighted by Gasteiger charge is -2.22. The molecule has 114 valence electrons. The summed E-state index contributed by atoms with van der Waals surface area (Å²) in [6.07, 6.45) is 3.10. The van der Waals surface area contributed by atoms with Crippen LogP contribution in [0, 0.1) is 0 Å². The number of benzene rings is 1. The van der Waals surface area contributed by atoms with Crippen molar-refractivity contribution >= 4 is 17.7 Å². The molecule has 1 aromatic rings. The van der Waals surface area contributed by atoms with Crippen molar-refractivity contribution < 1.29 is 14.7 Å². The minimum Gasteiger partial charge on any atom is -0.480 e. The van der Waals surface area contributed by atoms with E-state index in [9.17, 15) is 9.59 Å². The van der Waals surface area contributed by atoms with E-state index in [4.69, 9.17) is 5.11 Å². The number of para-hydroxylation sites is 1. The standard InChI is InChI=1S/C16H22N2O3/c1-4-10-18(11-14(19)20)16(21)17-15-12(5-2)8-7-9-13(15)6-3/h4,7-9H,1,5-6,10-11H2,2-3H3,(H,17,21)(H,19,20). The molecule has 21 heavy (non-hydrogen) atoms. The van der Waals surface area contributed by atoms with Crippen molar-refractivity contribution in [3.63, 3.8) is 0 Å². The number of aryl methyl sites for hydroxylation is 2. The molecule has 0 bridgehead atoms. The van der Waals surface area contributed by atoms with Crippen molar-refractivity contribution in [1.82, 2.24) is 4.90 Å². The number of rotatable bonds is 7. The monoisotopic (exact) mass is 290 g/mol. The van der Waals surface area contributed by atoms with Gasteiger partial charge in [-0.05, 0) is 24.0 Å². The van der Waals surface area contributed by atoms with Crippen LogP contribution in [-0.2, 0) is 17.6 Å². The highest BCUT2D eigenvalue weighted by Crippen LogP contribution is 2.23. The molecule has 0 aliphatic rings. The number of urea groups is 1. The summed E-state index contributed by atoms with van der Waals surface area (Å²) < 4.78 is 0. The van der Waals surface area contributed by atoms with Crippen molar-refractivity contribution in [1.29, 1.82) is 0 Å². The molecular weight excluding hydrogens is 268 g/mol. The van der Waals surface area contributed by atoms with Gasteiger partial charge in [-0.25, -0.2) is 4.79 Å².